The molecule has 130 valence electrons. The van der Waals surface area contributed by atoms with Crippen molar-refractivity contribution >= 4 is 23.7 Å². The number of anilines is 1. The summed E-state index contributed by atoms with van der Waals surface area (Å²) in [5.41, 5.74) is 4.48. The molecule has 3 N–H and O–H groups in total. The van der Waals surface area contributed by atoms with Crippen molar-refractivity contribution in [2.24, 2.45) is 5.10 Å². The summed E-state index contributed by atoms with van der Waals surface area (Å²) in [7, 11) is 1.44. The number of ether oxygens (including phenoxy) is 1. The van der Waals surface area contributed by atoms with Crippen LogP contribution in [0.5, 0.6) is 11.5 Å². The number of amides is 2. The normalized spacial score (nSPS) is 10.5. The number of phenols is 1. The average molecular weight is 341 g/mol. The van der Waals surface area contributed by atoms with Crippen LogP contribution >= 0.6 is 0 Å². The summed E-state index contributed by atoms with van der Waals surface area (Å²) in [5.74, 6) is -0.647. The number of para-hydroxylation sites is 1. The van der Waals surface area contributed by atoms with Crippen LogP contribution in [-0.2, 0) is 9.59 Å². The molecule has 0 unspecified atom stereocenters. The fourth-order valence-electron chi connectivity index (χ4n) is 2.05. The molecule has 0 radical (unpaired) electrons. The molecule has 0 bridgehead atoms. The molecule has 0 aliphatic carbocycles. The van der Waals surface area contributed by atoms with Crippen LogP contribution in [0, 0.1) is 6.92 Å². The highest BCUT2D eigenvalue weighted by Crippen LogP contribution is 2.25. The maximum absolute atomic E-state index is 11.9. The van der Waals surface area contributed by atoms with Gasteiger partial charge in [-0.2, -0.15) is 5.10 Å². The van der Waals surface area contributed by atoms with Crippen LogP contribution in [0.2, 0.25) is 0 Å². The van der Waals surface area contributed by atoms with Gasteiger partial charge in [0.1, 0.15) is 6.42 Å². The Morgan fingerprint density at radius 2 is 1.96 bits per heavy atom. The van der Waals surface area contributed by atoms with Crippen LogP contribution < -0.4 is 15.5 Å². The lowest BCUT2D eigenvalue weighted by molar-refractivity contribution is -0.126. The summed E-state index contributed by atoms with van der Waals surface area (Å²) >= 11 is 0. The number of rotatable bonds is 6. The number of phenolic OH excluding ortho intramolecular Hbond substituents is 1. The second kappa shape index (κ2) is 8.49. The van der Waals surface area contributed by atoms with Crippen LogP contribution in [0.4, 0.5) is 5.69 Å². The molecule has 25 heavy (non-hydrogen) atoms. The molecule has 0 heterocycles. The largest absolute Gasteiger partial charge is 0.504 e. The fraction of sp³-hybridized carbons (Fsp3) is 0.167. The highest BCUT2D eigenvalue weighted by Gasteiger charge is 2.10. The topological polar surface area (TPSA) is 100 Å². The molecular formula is C18H19N3O4. The molecule has 2 amide bonds. The van der Waals surface area contributed by atoms with E-state index >= 15 is 0 Å². The first-order valence-corrected chi connectivity index (χ1v) is 7.54. The van der Waals surface area contributed by atoms with E-state index in [1.165, 1.54) is 19.4 Å². The minimum atomic E-state index is -0.534. The first kappa shape index (κ1) is 18.0. The van der Waals surface area contributed by atoms with Crippen molar-refractivity contribution in [3.05, 3.63) is 53.6 Å². The van der Waals surface area contributed by atoms with Crippen molar-refractivity contribution in [3.63, 3.8) is 0 Å². The Kier molecular flexibility index (Phi) is 6.11. The molecule has 0 aliphatic rings. The van der Waals surface area contributed by atoms with Gasteiger partial charge in [0.25, 0.3) is 0 Å². The molecule has 0 fully saturated rings. The number of benzene rings is 2. The summed E-state index contributed by atoms with van der Waals surface area (Å²) in [4.78, 5) is 23.6. The molecular weight excluding hydrogens is 322 g/mol. The summed E-state index contributed by atoms with van der Waals surface area (Å²) in [6.45, 7) is 1.87. The molecule has 0 saturated carbocycles. The Morgan fingerprint density at radius 3 is 2.68 bits per heavy atom. The lowest BCUT2D eigenvalue weighted by atomic mass is 10.2. The molecule has 2 rings (SSSR count). The minimum Gasteiger partial charge on any atom is -0.504 e. The Morgan fingerprint density at radius 1 is 1.20 bits per heavy atom. The summed E-state index contributed by atoms with van der Waals surface area (Å²) in [5, 5.41) is 16.0. The smallest absolute Gasteiger partial charge is 0.249 e. The van der Waals surface area contributed by atoms with E-state index in [4.69, 9.17) is 4.74 Å². The maximum Gasteiger partial charge on any atom is 0.249 e. The van der Waals surface area contributed by atoms with Crippen molar-refractivity contribution in [2.75, 3.05) is 12.4 Å². The molecule has 0 saturated heterocycles. The molecule has 0 aromatic heterocycles. The first-order chi connectivity index (χ1) is 12.0. The Bertz CT molecular complexity index is 803. The fourth-order valence-corrected chi connectivity index (χ4v) is 2.05. The van der Waals surface area contributed by atoms with Crippen LogP contribution in [0.25, 0.3) is 0 Å². The number of carbonyl (C=O) groups excluding carboxylic acids is 2. The first-order valence-electron chi connectivity index (χ1n) is 7.54. The van der Waals surface area contributed by atoms with E-state index in [0.717, 1.165) is 5.56 Å². The second-order valence-electron chi connectivity index (χ2n) is 5.26. The van der Waals surface area contributed by atoms with E-state index < -0.39 is 11.8 Å². The van der Waals surface area contributed by atoms with E-state index in [2.05, 4.69) is 15.8 Å². The molecule has 2 aromatic rings. The Balaban J connectivity index is 1.86. The monoisotopic (exact) mass is 341 g/mol. The predicted octanol–water partition coefficient (Wildman–Crippen LogP) is 2.19. The van der Waals surface area contributed by atoms with Gasteiger partial charge in [0.15, 0.2) is 11.5 Å². The molecule has 0 atom stereocenters. The Labute approximate surface area is 145 Å². The van der Waals surface area contributed by atoms with Crippen molar-refractivity contribution in [2.45, 2.75) is 13.3 Å². The minimum absolute atomic E-state index is 0.0107. The SMILES string of the molecule is COc1cc(C=NNC(=O)CC(=O)Nc2ccccc2C)ccc1O. The standard InChI is InChI=1S/C18H19N3O4/c1-12-5-3-4-6-14(12)20-17(23)10-18(24)21-19-11-13-7-8-15(22)16(9-13)25-2/h3-9,11,22H,10H2,1-2H3,(H,20,23)(H,21,24). The number of nitrogens with one attached hydrogen (secondary N) is 2. The highest BCUT2D eigenvalue weighted by atomic mass is 16.5. The third-order valence-corrected chi connectivity index (χ3v) is 3.35. The lowest BCUT2D eigenvalue weighted by Crippen LogP contribution is -2.24. The average Bonchev–Trinajstić information content (AvgIpc) is 2.58. The van der Waals surface area contributed by atoms with Crippen LogP contribution in [-0.4, -0.2) is 30.2 Å². The zero-order valence-corrected chi connectivity index (χ0v) is 13.9. The van der Waals surface area contributed by atoms with E-state index in [-0.39, 0.29) is 12.2 Å². The zero-order valence-electron chi connectivity index (χ0n) is 13.9. The van der Waals surface area contributed by atoms with E-state index in [9.17, 15) is 14.7 Å². The van der Waals surface area contributed by atoms with Gasteiger partial charge in [-0.25, -0.2) is 5.43 Å². The number of methoxy groups -OCH3 is 1. The number of hydrazone groups is 1. The van der Waals surface area contributed by atoms with Crippen LogP contribution in [0.15, 0.2) is 47.6 Å². The maximum atomic E-state index is 11.9. The summed E-state index contributed by atoms with van der Waals surface area (Å²) in [6.07, 6.45) is 1.05. The number of nitrogens with zero attached hydrogens (tertiary/aromatic N) is 1. The summed E-state index contributed by atoms with van der Waals surface area (Å²) in [6, 6.07) is 11.9. The van der Waals surface area contributed by atoms with Gasteiger partial charge in [-0.05, 0) is 42.3 Å². The number of hydrogen-bond acceptors (Lipinski definition) is 5. The zero-order chi connectivity index (χ0) is 18.2. The Hall–Kier alpha value is -3.35. The molecule has 7 nitrogen and oxygen atoms in total. The number of carbonyl (C=O) groups is 2. The molecule has 2 aromatic carbocycles. The van der Waals surface area contributed by atoms with Crippen molar-refractivity contribution < 1.29 is 19.4 Å². The highest BCUT2D eigenvalue weighted by molar-refractivity contribution is 6.04. The van der Waals surface area contributed by atoms with Gasteiger partial charge in [0.2, 0.25) is 11.8 Å². The van der Waals surface area contributed by atoms with Crippen molar-refractivity contribution in [3.8, 4) is 11.5 Å². The van der Waals surface area contributed by atoms with Gasteiger partial charge < -0.3 is 15.2 Å². The van der Waals surface area contributed by atoms with Gasteiger partial charge in [-0.3, -0.25) is 9.59 Å². The van der Waals surface area contributed by atoms with Gasteiger partial charge in [-0.1, -0.05) is 18.2 Å². The molecule has 0 aliphatic heterocycles. The number of aromatic hydroxyl groups is 1. The van der Waals surface area contributed by atoms with Gasteiger partial charge in [0.05, 0.1) is 13.3 Å². The predicted molar refractivity (Wildman–Crippen MR) is 94.8 cm³/mol. The number of hydrogen-bond donors (Lipinski definition) is 3. The van der Waals surface area contributed by atoms with Crippen molar-refractivity contribution in [1.82, 2.24) is 5.43 Å². The van der Waals surface area contributed by atoms with Gasteiger partial charge >= 0.3 is 0 Å². The second-order valence-corrected chi connectivity index (χ2v) is 5.26. The third-order valence-electron chi connectivity index (χ3n) is 3.35. The van der Waals surface area contributed by atoms with Crippen LogP contribution in [0.3, 0.4) is 0 Å². The van der Waals surface area contributed by atoms with Gasteiger partial charge in [0, 0.05) is 5.69 Å². The molecule has 7 heteroatoms. The third kappa shape index (κ3) is 5.35. The van der Waals surface area contributed by atoms with Crippen LogP contribution in [0.1, 0.15) is 17.5 Å². The van der Waals surface area contributed by atoms with E-state index in [0.29, 0.717) is 17.0 Å². The van der Waals surface area contributed by atoms with E-state index in [1.54, 1.807) is 24.3 Å². The number of aryl methyl sites for hydroxylation is 1. The van der Waals surface area contributed by atoms with E-state index in [1.807, 2.05) is 19.1 Å². The van der Waals surface area contributed by atoms with Crippen molar-refractivity contribution in [1.29, 1.82) is 0 Å². The van der Waals surface area contributed by atoms with Gasteiger partial charge in [-0.15, -0.1) is 0 Å². The summed E-state index contributed by atoms with van der Waals surface area (Å²) < 4.78 is 4.98. The quantitative estimate of drug-likeness (QED) is 0.426. The lowest BCUT2D eigenvalue weighted by Gasteiger charge is -2.07. The molecule has 0 spiro atoms.